The van der Waals surface area contributed by atoms with Crippen LogP contribution in [0.25, 0.3) is 0 Å². The van der Waals surface area contributed by atoms with Gasteiger partial charge in [-0.3, -0.25) is 0 Å². The SMILES string of the molecule is Cc1ccc(C(CN)C(O)c2cc(Cl)ccc2Cl)cc1C. The molecule has 0 saturated carbocycles. The van der Waals surface area contributed by atoms with Gasteiger partial charge in [0.2, 0.25) is 0 Å². The van der Waals surface area contributed by atoms with Gasteiger partial charge in [-0.2, -0.15) is 0 Å². The Balaban J connectivity index is 2.40. The Morgan fingerprint density at radius 3 is 2.38 bits per heavy atom. The first kappa shape index (κ1) is 16.3. The van der Waals surface area contributed by atoms with Crippen LogP contribution in [-0.4, -0.2) is 11.7 Å². The van der Waals surface area contributed by atoms with Crippen molar-refractivity contribution in [1.82, 2.24) is 0 Å². The van der Waals surface area contributed by atoms with Crippen molar-refractivity contribution in [3.63, 3.8) is 0 Å². The highest BCUT2D eigenvalue weighted by atomic mass is 35.5. The lowest BCUT2D eigenvalue weighted by Crippen LogP contribution is -2.20. The predicted molar refractivity (Wildman–Crippen MR) is 89.1 cm³/mol. The van der Waals surface area contributed by atoms with Crippen molar-refractivity contribution in [2.75, 3.05) is 6.54 Å². The van der Waals surface area contributed by atoms with E-state index in [0.717, 1.165) is 5.56 Å². The average Bonchev–Trinajstić information content (AvgIpc) is 2.46. The molecular formula is C17H19Cl2NO. The Morgan fingerprint density at radius 1 is 1.05 bits per heavy atom. The van der Waals surface area contributed by atoms with Gasteiger partial charge in [0.25, 0.3) is 0 Å². The van der Waals surface area contributed by atoms with Gasteiger partial charge in [0, 0.05) is 28.1 Å². The molecule has 0 aliphatic carbocycles. The van der Waals surface area contributed by atoms with E-state index in [4.69, 9.17) is 28.9 Å². The van der Waals surface area contributed by atoms with Gasteiger partial charge in [-0.25, -0.2) is 0 Å². The predicted octanol–water partition coefficient (Wildman–Crippen LogP) is 4.39. The van der Waals surface area contributed by atoms with Gasteiger partial charge >= 0.3 is 0 Å². The molecule has 0 aliphatic rings. The van der Waals surface area contributed by atoms with Gasteiger partial charge < -0.3 is 10.8 Å². The fourth-order valence-electron chi connectivity index (χ4n) is 2.40. The number of nitrogens with two attached hydrogens (primary N) is 1. The smallest absolute Gasteiger partial charge is 0.0885 e. The molecule has 0 bridgehead atoms. The number of halogens is 2. The molecular weight excluding hydrogens is 305 g/mol. The van der Waals surface area contributed by atoms with Crippen molar-refractivity contribution in [1.29, 1.82) is 0 Å². The van der Waals surface area contributed by atoms with Crippen LogP contribution in [0.1, 0.15) is 34.3 Å². The zero-order valence-electron chi connectivity index (χ0n) is 12.1. The number of aliphatic hydroxyl groups is 1. The van der Waals surface area contributed by atoms with Crippen LogP contribution in [0.4, 0.5) is 0 Å². The second-order valence-electron chi connectivity index (χ2n) is 5.30. The molecule has 0 aromatic heterocycles. The van der Waals surface area contributed by atoms with E-state index in [-0.39, 0.29) is 5.92 Å². The molecule has 0 fully saturated rings. The first-order valence-electron chi connectivity index (χ1n) is 6.84. The molecule has 21 heavy (non-hydrogen) atoms. The fourth-order valence-corrected chi connectivity index (χ4v) is 2.81. The van der Waals surface area contributed by atoms with Crippen molar-refractivity contribution >= 4 is 23.2 Å². The van der Waals surface area contributed by atoms with Crippen LogP contribution in [0.15, 0.2) is 36.4 Å². The van der Waals surface area contributed by atoms with E-state index in [1.807, 2.05) is 19.1 Å². The number of hydrogen-bond donors (Lipinski definition) is 2. The first-order valence-corrected chi connectivity index (χ1v) is 7.60. The van der Waals surface area contributed by atoms with Crippen molar-refractivity contribution < 1.29 is 5.11 Å². The van der Waals surface area contributed by atoms with Gasteiger partial charge in [-0.05, 0) is 48.7 Å². The highest BCUT2D eigenvalue weighted by Crippen LogP contribution is 2.35. The first-order chi connectivity index (χ1) is 9.93. The number of rotatable bonds is 4. The third-order valence-corrected chi connectivity index (χ3v) is 4.45. The van der Waals surface area contributed by atoms with Crippen LogP contribution in [0.5, 0.6) is 0 Å². The molecule has 4 heteroatoms. The Labute approximate surface area is 135 Å². The summed E-state index contributed by atoms with van der Waals surface area (Å²) in [7, 11) is 0. The molecule has 0 spiro atoms. The maximum absolute atomic E-state index is 10.7. The minimum Gasteiger partial charge on any atom is -0.388 e. The normalized spacial score (nSPS) is 14.0. The minimum absolute atomic E-state index is 0.222. The zero-order valence-corrected chi connectivity index (χ0v) is 13.6. The monoisotopic (exact) mass is 323 g/mol. The van der Waals surface area contributed by atoms with Crippen molar-refractivity contribution in [2.24, 2.45) is 5.73 Å². The van der Waals surface area contributed by atoms with Gasteiger partial charge in [0.15, 0.2) is 0 Å². The summed E-state index contributed by atoms with van der Waals surface area (Å²) in [5, 5.41) is 11.7. The highest BCUT2D eigenvalue weighted by molar-refractivity contribution is 6.33. The summed E-state index contributed by atoms with van der Waals surface area (Å²) in [6.45, 7) is 4.43. The van der Waals surface area contributed by atoms with E-state index in [9.17, 15) is 5.11 Å². The Kier molecular flexibility index (Phi) is 5.28. The summed E-state index contributed by atoms with van der Waals surface area (Å²) >= 11 is 12.2. The summed E-state index contributed by atoms with van der Waals surface area (Å²) in [5.41, 5.74) is 9.89. The average molecular weight is 324 g/mol. The van der Waals surface area contributed by atoms with Crippen molar-refractivity contribution in [3.05, 3.63) is 68.7 Å². The molecule has 3 N–H and O–H groups in total. The molecule has 0 heterocycles. The van der Waals surface area contributed by atoms with Crippen LogP contribution in [0.3, 0.4) is 0 Å². The summed E-state index contributed by atoms with van der Waals surface area (Å²) in [4.78, 5) is 0. The van der Waals surface area contributed by atoms with Gasteiger partial charge in [0.1, 0.15) is 0 Å². The number of aliphatic hydroxyl groups excluding tert-OH is 1. The Hall–Kier alpha value is -1.06. The van der Waals surface area contributed by atoms with E-state index < -0.39 is 6.10 Å². The third-order valence-electron chi connectivity index (χ3n) is 3.87. The minimum atomic E-state index is -0.789. The third kappa shape index (κ3) is 3.58. The second kappa shape index (κ2) is 6.80. The lowest BCUT2D eigenvalue weighted by Gasteiger charge is -2.24. The molecule has 0 aliphatic heterocycles. The van der Waals surface area contributed by atoms with E-state index in [0.29, 0.717) is 22.2 Å². The molecule has 2 rings (SSSR count). The molecule has 0 saturated heterocycles. The highest BCUT2D eigenvalue weighted by Gasteiger charge is 2.24. The fraction of sp³-hybridized carbons (Fsp3) is 0.294. The molecule has 2 nitrogen and oxygen atoms in total. The lowest BCUT2D eigenvalue weighted by atomic mass is 9.87. The molecule has 0 radical (unpaired) electrons. The molecule has 2 unspecified atom stereocenters. The number of aryl methyl sites for hydroxylation is 2. The topological polar surface area (TPSA) is 46.2 Å². The molecule has 2 aromatic rings. The maximum Gasteiger partial charge on any atom is 0.0885 e. The van der Waals surface area contributed by atoms with E-state index in [1.165, 1.54) is 11.1 Å². The second-order valence-corrected chi connectivity index (χ2v) is 6.14. The van der Waals surface area contributed by atoms with Crippen molar-refractivity contribution in [3.8, 4) is 0 Å². The molecule has 112 valence electrons. The van der Waals surface area contributed by atoms with Crippen LogP contribution in [-0.2, 0) is 0 Å². The van der Waals surface area contributed by atoms with E-state index in [2.05, 4.69) is 13.0 Å². The Bertz CT molecular complexity index is 643. The van der Waals surface area contributed by atoms with Gasteiger partial charge in [-0.1, -0.05) is 41.4 Å². The van der Waals surface area contributed by atoms with E-state index in [1.54, 1.807) is 18.2 Å². The summed E-state index contributed by atoms with van der Waals surface area (Å²) in [6.07, 6.45) is -0.789. The largest absolute Gasteiger partial charge is 0.388 e. The number of benzene rings is 2. The molecule has 2 atom stereocenters. The summed E-state index contributed by atoms with van der Waals surface area (Å²) in [6, 6.07) is 11.2. The Morgan fingerprint density at radius 2 is 1.76 bits per heavy atom. The molecule has 2 aromatic carbocycles. The van der Waals surface area contributed by atoms with Crippen LogP contribution >= 0.6 is 23.2 Å². The van der Waals surface area contributed by atoms with E-state index >= 15 is 0 Å². The van der Waals surface area contributed by atoms with Crippen molar-refractivity contribution in [2.45, 2.75) is 25.9 Å². The van der Waals surface area contributed by atoms with Crippen LogP contribution in [0, 0.1) is 13.8 Å². The number of hydrogen-bond acceptors (Lipinski definition) is 2. The maximum atomic E-state index is 10.7. The van der Waals surface area contributed by atoms with Crippen LogP contribution < -0.4 is 5.73 Å². The standard InChI is InChI=1S/C17H19Cl2NO/c1-10-3-4-12(7-11(10)2)15(9-20)17(21)14-8-13(18)5-6-16(14)19/h3-8,15,17,21H,9,20H2,1-2H3. The summed E-state index contributed by atoms with van der Waals surface area (Å²) in [5.74, 6) is -0.222. The zero-order chi connectivity index (χ0) is 15.6. The van der Waals surface area contributed by atoms with Crippen LogP contribution in [0.2, 0.25) is 10.0 Å². The molecule has 0 amide bonds. The van der Waals surface area contributed by atoms with Gasteiger partial charge in [0.05, 0.1) is 6.10 Å². The summed E-state index contributed by atoms with van der Waals surface area (Å²) < 4.78 is 0. The quantitative estimate of drug-likeness (QED) is 0.876. The lowest BCUT2D eigenvalue weighted by molar-refractivity contribution is 0.147. The van der Waals surface area contributed by atoms with Gasteiger partial charge in [-0.15, -0.1) is 0 Å².